The summed E-state index contributed by atoms with van der Waals surface area (Å²) in [6, 6.07) is 14.1. The zero-order valence-electron chi connectivity index (χ0n) is 16.4. The van der Waals surface area contributed by atoms with Gasteiger partial charge >= 0.3 is 5.97 Å². The molecule has 1 amide bonds. The largest absolute Gasteiger partial charge is 0.452 e. The van der Waals surface area contributed by atoms with Crippen LogP contribution in [-0.2, 0) is 22.7 Å². The first-order valence-electron chi connectivity index (χ1n) is 9.25. The third kappa shape index (κ3) is 4.96. The standard InChI is InChI=1S/C20H17N7O4/c1-13-6-8-14(9-7-13)19-23-18(31-24-19)11-30-20(29)15-4-2-3-5-16(15)22-17(28)10-27-12-21-25-26-27/h2-9,12H,10-11H2,1H3,(H,22,28). The zero-order chi connectivity index (χ0) is 21.6. The first-order valence-corrected chi connectivity index (χ1v) is 9.25. The Bertz CT molecular complexity index is 1190. The van der Waals surface area contributed by atoms with Gasteiger partial charge in [0.1, 0.15) is 12.9 Å². The Morgan fingerprint density at radius 3 is 2.71 bits per heavy atom. The maximum Gasteiger partial charge on any atom is 0.340 e. The predicted molar refractivity (Wildman–Crippen MR) is 106 cm³/mol. The van der Waals surface area contributed by atoms with Gasteiger partial charge in [0.05, 0.1) is 11.3 Å². The van der Waals surface area contributed by atoms with E-state index in [9.17, 15) is 9.59 Å². The van der Waals surface area contributed by atoms with Crippen LogP contribution in [0.2, 0.25) is 0 Å². The number of nitrogens with zero attached hydrogens (tertiary/aromatic N) is 6. The normalized spacial score (nSPS) is 10.6. The first-order chi connectivity index (χ1) is 15.1. The topological polar surface area (TPSA) is 138 Å². The van der Waals surface area contributed by atoms with E-state index in [0.717, 1.165) is 11.1 Å². The fourth-order valence-corrected chi connectivity index (χ4v) is 2.70. The molecule has 11 heteroatoms. The Balaban J connectivity index is 1.39. The highest BCUT2D eigenvalue weighted by atomic mass is 16.6. The lowest BCUT2D eigenvalue weighted by molar-refractivity contribution is -0.116. The highest BCUT2D eigenvalue weighted by Crippen LogP contribution is 2.19. The molecule has 0 aliphatic rings. The van der Waals surface area contributed by atoms with Crippen LogP contribution in [0, 0.1) is 6.92 Å². The number of aromatic nitrogens is 6. The molecule has 156 valence electrons. The molecule has 2 aromatic heterocycles. The molecule has 0 bridgehead atoms. The SMILES string of the molecule is Cc1ccc(-c2noc(COC(=O)c3ccccc3NC(=O)Cn3cnnn3)n2)cc1. The van der Waals surface area contributed by atoms with Crippen molar-refractivity contribution in [2.45, 2.75) is 20.1 Å². The van der Waals surface area contributed by atoms with Crippen LogP contribution in [0.4, 0.5) is 5.69 Å². The van der Waals surface area contributed by atoms with Crippen LogP contribution in [0.1, 0.15) is 21.8 Å². The van der Waals surface area contributed by atoms with E-state index in [4.69, 9.17) is 9.26 Å². The molecule has 0 spiro atoms. The molecule has 0 aliphatic heterocycles. The average molecular weight is 419 g/mol. The van der Waals surface area contributed by atoms with Crippen LogP contribution in [0.3, 0.4) is 0 Å². The van der Waals surface area contributed by atoms with Crippen LogP contribution in [-0.4, -0.2) is 42.2 Å². The summed E-state index contributed by atoms with van der Waals surface area (Å²) < 4.78 is 11.7. The number of nitrogens with one attached hydrogen (secondary N) is 1. The molecule has 0 aliphatic carbocycles. The number of aryl methyl sites for hydroxylation is 1. The second-order valence-electron chi connectivity index (χ2n) is 6.56. The Labute approximate surface area is 176 Å². The van der Waals surface area contributed by atoms with Crippen molar-refractivity contribution in [1.82, 2.24) is 30.3 Å². The van der Waals surface area contributed by atoms with Crippen molar-refractivity contribution in [3.05, 3.63) is 71.9 Å². The number of carbonyl (C=O) groups excluding carboxylic acids is 2. The van der Waals surface area contributed by atoms with E-state index in [1.165, 1.54) is 11.0 Å². The fourth-order valence-electron chi connectivity index (χ4n) is 2.70. The number of carbonyl (C=O) groups is 2. The second-order valence-corrected chi connectivity index (χ2v) is 6.56. The van der Waals surface area contributed by atoms with E-state index in [2.05, 4.69) is 31.0 Å². The molecule has 0 radical (unpaired) electrons. The van der Waals surface area contributed by atoms with Gasteiger partial charge < -0.3 is 14.6 Å². The molecule has 0 atom stereocenters. The van der Waals surface area contributed by atoms with E-state index in [1.54, 1.807) is 24.3 Å². The minimum Gasteiger partial charge on any atom is -0.452 e. The van der Waals surface area contributed by atoms with E-state index in [1.807, 2.05) is 31.2 Å². The van der Waals surface area contributed by atoms with Gasteiger partial charge in [-0.1, -0.05) is 47.1 Å². The van der Waals surface area contributed by atoms with Crippen molar-refractivity contribution in [2.75, 3.05) is 5.32 Å². The van der Waals surface area contributed by atoms with Gasteiger partial charge in [0, 0.05) is 5.56 Å². The first kappa shape index (κ1) is 19.9. The van der Waals surface area contributed by atoms with E-state index >= 15 is 0 Å². The van der Waals surface area contributed by atoms with Gasteiger partial charge in [0.25, 0.3) is 5.89 Å². The van der Waals surface area contributed by atoms with Crippen molar-refractivity contribution in [3.8, 4) is 11.4 Å². The quantitative estimate of drug-likeness (QED) is 0.446. The van der Waals surface area contributed by atoms with Gasteiger partial charge in [-0.25, -0.2) is 9.48 Å². The maximum absolute atomic E-state index is 12.6. The van der Waals surface area contributed by atoms with E-state index < -0.39 is 11.9 Å². The molecule has 31 heavy (non-hydrogen) atoms. The van der Waals surface area contributed by atoms with Crippen molar-refractivity contribution in [3.63, 3.8) is 0 Å². The van der Waals surface area contributed by atoms with Gasteiger partial charge in [0.15, 0.2) is 6.61 Å². The number of hydrogen-bond acceptors (Lipinski definition) is 9. The maximum atomic E-state index is 12.6. The molecule has 0 fully saturated rings. The second kappa shape index (κ2) is 8.95. The number of anilines is 1. The lowest BCUT2D eigenvalue weighted by Gasteiger charge is -2.10. The van der Waals surface area contributed by atoms with Crippen molar-refractivity contribution >= 4 is 17.6 Å². The molecule has 4 rings (SSSR count). The van der Waals surface area contributed by atoms with Crippen molar-refractivity contribution < 1.29 is 18.8 Å². The number of rotatable bonds is 7. The molecular formula is C20H17N7O4. The Morgan fingerprint density at radius 1 is 1.13 bits per heavy atom. The van der Waals surface area contributed by atoms with Crippen LogP contribution >= 0.6 is 0 Å². The van der Waals surface area contributed by atoms with Crippen LogP contribution in [0.15, 0.2) is 59.4 Å². The molecule has 0 saturated carbocycles. The minimum absolute atomic E-state index is 0.0971. The van der Waals surface area contributed by atoms with Crippen LogP contribution < -0.4 is 5.32 Å². The molecule has 0 unspecified atom stereocenters. The number of hydrogen-bond donors (Lipinski definition) is 1. The summed E-state index contributed by atoms with van der Waals surface area (Å²) in [6.45, 7) is 1.68. The molecule has 4 aromatic rings. The monoisotopic (exact) mass is 419 g/mol. The predicted octanol–water partition coefficient (Wildman–Crippen LogP) is 2.03. The number of esters is 1. The highest BCUT2D eigenvalue weighted by Gasteiger charge is 2.17. The molecule has 1 N–H and O–H groups in total. The number of benzene rings is 2. The minimum atomic E-state index is -0.645. The Hall–Kier alpha value is -4.41. The summed E-state index contributed by atoms with van der Waals surface area (Å²) >= 11 is 0. The van der Waals surface area contributed by atoms with Gasteiger partial charge in [-0.2, -0.15) is 4.98 Å². The summed E-state index contributed by atoms with van der Waals surface area (Å²) in [4.78, 5) is 29.0. The molecular weight excluding hydrogens is 402 g/mol. The number of para-hydroxylation sites is 1. The lowest BCUT2D eigenvalue weighted by Crippen LogP contribution is -2.21. The summed E-state index contributed by atoms with van der Waals surface area (Å²) in [5.74, 6) is -0.481. The van der Waals surface area contributed by atoms with E-state index in [-0.39, 0.29) is 24.6 Å². The third-order valence-corrected chi connectivity index (χ3v) is 4.22. The van der Waals surface area contributed by atoms with E-state index in [0.29, 0.717) is 11.5 Å². The van der Waals surface area contributed by atoms with Gasteiger partial charge in [0.2, 0.25) is 11.7 Å². The number of amides is 1. The van der Waals surface area contributed by atoms with Gasteiger partial charge in [-0.05, 0) is 29.5 Å². The third-order valence-electron chi connectivity index (χ3n) is 4.22. The zero-order valence-corrected chi connectivity index (χ0v) is 16.4. The summed E-state index contributed by atoms with van der Waals surface area (Å²) in [5, 5.41) is 17.1. The van der Waals surface area contributed by atoms with Crippen molar-refractivity contribution in [1.29, 1.82) is 0 Å². The summed E-state index contributed by atoms with van der Waals surface area (Å²) in [5.41, 5.74) is 2.40. The van der Waals surface area contributed by atoms with Crippen molar-refractivity contribution in [2.24, 2.45) is 0 Å². The summed E-state index contributed by atoms with van der Waals surface area (Å²) in [7, 11) is 0. The van der Waals surface area contributed by atoms with Gasteiger partial charge in [-0.3, -0.25) is 4.79 Å². The molecule has 0 saturated heterocycles. The summed E-state index contributed by atoms with van der Waals surface area (Å²) in [6.07, 6.45) is 1.31. The number of ether oxygens (including phenoxy) is 1. The molecule has 11 nitrogen and oxygen atoms in total. The smallest absolute Gasteiger partial charge is 0.340 e. The van der Waals surface area contributed by atoms with Crippen LogP contribution in [0.5, 0.6) is 0 Å². The molecule has 2 aromatic carbocycles. The number of tetrazole rings is 1. The Kier molecular flexibility index (Phi) is 5.74. The van der Waals surface area contributed by atoms with Crippen LogP contribution in [0.25, 0.3) is 11.4 Å². The fraction of sp³-hybridized carbons (Fsp3) is 0.150. The van der Waals surface area contributed by atoms with Gasteiger partial charge in [-0.15, -0.1) is 5.10 Å². The lowest BCUT2D eigenvalue weighted by atomic mass is 10.1. The highest BCUT2D eigenvalue weighted by molar-refractivity contribution is 6.01. The average Bonchev–Trinajstić information content (AvgIpc) is 3.45. The Morgan fingerprint density at radius 2 is 1.94 bits per heavy atom. The molecule has 2 heterocycles.